The maximum absolute atomic E-state index is 10.2. The third-order valence-electron chi connectivity index (χ3n) is 4.69. The number of aliphatic hydroxyl groups excluding tert-OH is 1. The second kappa shape index (κ2) is 10.4. The summed E-state index contributed by atoms with van der Waals surface area (Å²) in [4.78, 5) is 5.84. The molecule has 148 valence electrons. The van der Waals surface area contributed by atoms with Crippen LogP contribution in [-0.2, 0) is 13.1 Å². The van der Waals surface area contributed by atoms with Gasteiger partial charge in [-0.1, -0.05) is 23.7 Å². The van der Waals surface area contributed by atoms with E-state index in [2.05, 4.69) is 34.3 Å². The predicted molar refractivity (Wildman–Crippen MR) is 112 cm³/mol. The Morgan fingerprint density at radius 1 is 1.11 bits per heavy atom. The summed E-state index contributed by atoms with van der Waals surface area (Å²) in [6.45, 7) is 6.73. The lowest BCUT2D eigenvalue weighted by molar-refractivity contribution is 0.0505. The normalized spacial score (nSPS) is 17.1. The molecular weight excluding hydrogens is 382 g/mol. The van der Waals surface area contributed by atoms with Gasteiger partial charge in [0, 0.05) is 50.7 Å². The average molecular weight is 410 g/mol. The number of piperazine rings is 1. The fraction of sp³-hybridized carbons (Fsp3) is 0.500. The Morgan fingerprint density at radius 3 is 2.52 bits per heavy atom. The predicted octanol–water partition coefficient (Wildman–Crippen LogP) is 2.68. The molecule has 1 aromatic heterocycles. The zero-order valence-electron chi connectivity index (χ0n) is 15.7. The van der Waals surface area contributed by atoms with Crippen LogP contribution >= 0.6 is 22.9 Å². The molecule has 0 bridgehead atoms. The molecule has 1 unspecified atom stereocenters. The van der Waals surface area contributed by atoms with Crippen molar-refractivity contribution in [2.75, 3.05) is 46.4 Å². The Kier molecular flexibility index (Phi) is 7.93. The number of hydrogen-bond acceptors (Lipinski definition) is 6. The number of rotatable bonds is 9. The number of halogens is 1. The highest BCUT2D eigenvalue weighted by molar-refractivity contribution is 7.16. The van der Waals surface area contributed by atoms with Gasteiger partial charge in [0.15, 0.2) is 0 Å². The number of aliphatic hydroxyl groups is 1. The minimum Gasteiger partial charge on any atom is -0.491 e. The van der Waals surface area contributed by atoms with Gasteiger partial charge in [-0.25, -0.2) is 0 Å². The summed E-state index contributed by atoms with van der Waals surface area (Å²) < 4.78 is 6.56. The smallest absolute Gasteiger partial charge is 0.119 e. The van der Waals surface area contributed by atoms with Crippen molar-refractivity contribution in [2.45, 2.75) is 19.2 Å². The molecule has 1 atom stereocenters. The summed E-state index contributed by atoms with van der Waals surface area (Å²) in [5.74, 6) is 0.793. The van der Waals surface area contributed by atoms with Gasteiger partial charge < -0.3 is 20.1 Å². The van der Waals surface area contributed by atoms with Crippen molar-refractivity contribution in [2.24, 2.45) is 0 Å². The highest BCUT2D eigenvalue weighted by Crippen LogP contribution is 2.21. The van der Waals surface area contributed by atoms with Gasteiger partial charge in [0.2, 0.25) is 0 Å². The van der Waals surface area contributed by atoms with Crippen molar-refractivity contribution in [3.05, 3.63) is 51.2 Å². The topological polar surface area (TPSA) is 48.0 Å². The van der Waals surface area contributed by atoms with E-state index in [0.717, 1.165) is 49.4 Å². The van der Waals surface area contributed by atoms with E-state index in [1.807, 2.05) is 24.3 Å². The number of thiophene rings is 1. The SMILES string of the molecule is CN1CCN(CC(O)COc2ccc(CNCc3ccc(Cl)s3)cc2)CC1. The molecule has 1 aliphatic heterocycles. The van der Waals surface area contributed by atoms with E-state index in [9.17, 15) is 5.11 Å². The minimum atomic E-state index is -0.465. The maximum atomic E-state index is 10.2. The summed E-state index contributed by atoms with van der Waals surface area (Å²) in [5.41, 5.74) is 1.20. The van der Waals surface area contributed by atoms with Crippen molar-refractivity contribution >= 4 is 22.9 Å². The fourth-order valence-electron chi connectivity index (χ4n) is 3.05. The van der Waals surface area contributed by atoms with Crippen LogP contribution in [0.3, 0.4) is 0 Å². The van der Waals surface area contributed by atoms with Crippen molar-refractivity contribution < 1.29 is 9.84 Å². The summed E-state index contributed by atoms with van der Waals surface area (Å²) in [6.07, 6.45) is -0.465. The highest BCUT2D eigenvalue weighted by atomic mass is 35.5. The zero-order chi connectivity index (χ0) is 19.1. The molecule has 2 aromatic rings. The Labute approximate surface area is 170 Å². The molecule has 27 heavy (non-hydrogen) atoms. The molecule has 1 saturated heterocycles. The molecular formula is C20H28ClN3O2S. The Morgan fingerprint density at radius 2 is 1.85 bits per heavy atom. The number of nitrogens with one attached hydrogen (secondary N) is 1. The van der Waals surface area contributed by atoms with Gasteiger partial charge in [-0.05, 0) is 36.9 Å². The Balaban J connectivity index is 1.34. The van der Waals surface area contributed by atoms with Gasteiger partial charge in [-0.2, -0.15) is 0 Å². The Bertz CT molecular complexity index is 687. The Hall–Kier alpha value is -1.15. The molecule has 7 heteroatoms. The lowest BCUT2D eigenvalue weighted by Crippen LogP contribution is -2.47. The third-order valence-corrected chi connectivity index (χ3v) is 5.92. The summed E-state index contributed by atoms with van der Waals surface area (Å²) in [5, 5.41) is 13.6. The average Bonchev–Trinajstić information content (AvgIpc) is 3.08. The lowest BCUT2D eigenvalue weighted by Gasteiger charge is -2.33. The molecule has 0 spiro atoms. The van der Waals surface area contributed by atoms with Crippen molar-refractivity contribution in [1.29, 1.82) is 0 Å². The monoisotopic (exact) mass is 409 g/mol. The van der Waals surface area contributed by atoms with Gasteiger partial charge in [0.1, 0.15) is 18.5 Å². The minimum absolute atomic E-state index is 0.322. The molecule has 0 amide bonds. The van der Waals surface area contributed by atoms with Gasteiger partial charge in [0.25, 0.3) is 0 Å². The second-order valence-corrected chi connectivity index (χ2v) is 8.82. The number of β-amino-alcohol motifs (C(OH)–C–C–N with tert-alkyl or cyclic N) is 1. The second-order valence-electron chi connectivity index (χ2n) is 7.02. The van der Waals surface area contributed by atoms with E-state index in [0.29, 0.717) is 13.2 Å². The van der Waals surface area contributed by atoms with Crippen molar-refractivity contribution in [1.82, 2.24) is 15.1 Å². The summed E-state index contributed by atoms with van der Waals surface area (Å²) in [6, 6.07) is 12.0. The van der Waals surface area contributed by atoms with Gasteiger partial charge in [-0.3, -0.25) is 4.90 Å². The van der Waals surface area contributed by atoms with Crippen LogP contribution in [0.4, 0.5) is 0 Å². The van der Waals surface area contributed by atoms with Crippen molar-refractivity contribution in [3.8, 4) is 5.75 Å². The van der Waals surface area contributed by atoms with E-state index >= 15 is 0 Å². The quantitative estimate of drug-likeness (QED) is 0.666. The summed E-state index contributed by atoms with van der Waals surface area (Å²) in [7, 11) is 2.13. The van der Waals surface area contributed by atoms with E-state index in [1.165, 1.54) is 10.4 Å². The molecule has 0 radical (unpaired) electrons. The summed E-state index contributed by atoms with van der Waals surface area (Å²) >= 11 is 7.54. The molecule has 2 N–H and O–H groups in total. The van der Waals surface area contributed by atoms with E-state index in [1.54, 1.807) is 11.3 Å². The zero-order valence-corrected chi connectivity index (χ0v) is 17.3. The molecule has 1 aromatic carbocycles. The third kappa shape index (κ3) is 7.07. The number of benzene rings is 1. The molecule has 2 heterocycles. The van der Waals surface area contributed by atoms with Crippen LogP contribution in [0.1, 0.15) is 10.4 Å². The fourth-order valence-corrected chi connectivity index (χ4v) is 4.11. The first kappa shape index (κ1) is 20.6. The number of nitrogens with zero attached hydrogens (tertiary/aromatic N) is 2. The molecule has 0 aliphatic carbocycles. The first-order valence-corrected chi connectivity index (χ1v) is 10.5. The van der Waals surface area contributed by atoms with Crippen LogP contribution in [0.25, 0.3) is 0 Å². The van der Waals surface area contributed by atoms with Crippen LogP contribution in [-0.4, -0.2) is 67.4 Å². The molecule has 5 nitrogen and oxygen atoms in total. The van der Waals surface area contributed by atoms with Gasteiger partial charge in [-0.15, -0.1) is 11.3 Å². The van der Waals surface area contributed by atoms with Crippen LogP contribution in [0, 0.1) is 0 Å². The molecule has 1 fully saturated rings. The number of hydrogen-bond donors (Lipinski definition) is 2. The van der Waals surface area contributed by atoms with Crippen LogP contribution in [0.5, 0.6) is 5.75 Å². The molecule has 3 rings (SSSR count). The maximum Gasteiger partial charge on any atom is 0.119 e. The van der Waals surface area contributed by atoms with Crippen LogP contribution in [0.2, 0.25) is 4.34 Å². The standard InChI is InChI=1S/C20H28ClN3O2S/c1-23-8-10-24(11-9-23)14-17(25)15-26-18-4-2-16(3-5-18)12-22-13-19-6-7-20(21)27-19/h2-7,17,22,25H,8-15H2,1H3. The molecule has 0 saturated carbocycles. The van der Waals surface area contributed by atoms with Crippen LogP contribution < -0.4 is 10.1 Å². The largest absolute Gasteiger partial charge is 0.491 e. The highest BCUT2D eigenvalue weighted by Gasteiger charge is 2.17. The number of ether oxygens (including phenoxy) is 1. The van der Waals surface area contributed by atoms with Gasteiger partial charge in [0.05, 0.1) is 4.34 Å². The van der Waals surface area contributed by atoms with Gasteiger partial charge >= 0.3 is 0 Å². The van der Waals surface area contributed by atoms with E-state index < -0.39 is 6.10 Å². The van der Waals surface area contributed by atoms with Crippen molar-refractivity contribution in [3.63, 3.8) is 0 Å². The van der Waals surface area contributed by atoms with E-state index in [4.69, 9.17) is 16.3 Å². The first-order chi connectivity index (χ1) is 13.1. The van der Waals surface area contributed by atoms with E-state index in [-0.39, 0.29) is 0 Å². The van der Waals surface area contributed by atoms with Crippen LogP contribution in [0.15, 0.2) is 36.4 Å². The molecule has 1 aliphatic rings. The number of likely N-dealkylation sites (N-methyl/N-ethyl adjacent to an activating group) is 1. The first-order valence-electron chi connectivity index (χ1n) is 9.34. The lowest BCUT2D eigenvalue weighted by atomic mass is 10.2.